The molecule has 2 N–H and O–H groups in total. The first-order valence-electron chi connectivity index (χ1n) is 5.51. The van der Waals surface area contributed by atoms with Crippen molar-refractivity contribution >= 4 is 16.6 Å². The van der Waals surface area contributed by atoms with Gasteiger partial charge < -0.3 is 10.3 Å². The van der Waals surface area contributed by atoms with Gasteiger partial charge in [-0.05, 0) is 36.4 Å². The van der Waals surface area contributed by atoms with Crippen LogP contribution in [-0.4, -0.2) is 9.55 Å². The summed E-state index contributed by atoms with van der Waals surface area (Å²) in [6.07, 6.45) is 3.59. The Hall–Kier alpha value is -2.80. The van der Waals surface area contributed by atoms with E-state index in [0.29, 0.717) is 11.4 Å². The highest BCUT2D eigenvalue weighted by Crippen LogP contribution is 2.23. The van der Waals surface area contributed by atoms with Crippen LogP contribution in [0, 0.1) is 11.3 Å². The summed E-state index contributed by atoms with van der Waals surface area (Å²) in [5.41, 5.74) is 8.78. The summed E-state index contributed by atoms with van der Waals surface area (Å²) in [7, 11) is 0. The van der Waals surface area contributed by atoms with Crippen LogP contribution < -0.4 is 5.73 Å². The van der Waals surface area contributed by atoms with Gasteiger partial charge in [0.2, 0.25) is 0 Å². The number of benzene rings is 1. The number of pyridine rings is 1. The van der Waals surface area contributed by atoms with E-state index in [0.717, 1.165) is 16.6 Å². The summed E-state index contributed by atoms with van der Waals surface area (Å²) < 4.78 is 1.85. The minimum absolute atomic E-state index is 0.597. The number of nitriles is 1. The van der Waals surface area contributed by atoms with E-state index in [1.807, 2.05) is 41.1 Å². The average molecular weight is 234 g/mol. The molecule has 3 rings (SSSR count). The number of nitrogen functional groups attached to an aromatic ring is 1. The minimum Gasteiger partial charge on any atom is -0.399 e. The van der Waals surface area contributed by atoms with Gasteiger partial charge in [0.05, 0.1) is 11.2 Å². The highest BCUT2D eigenvalue weighted by atomic mass is 15.0. The van der Waals surface area contributed by atoms with Gasteiger partial charge in [-0.1, -0.05) is 0 Å². The van der Waals surface area contributed by atoms with Crippen molar-refractivity contribution in [3.05, 3.63) is 54.5 Å². The van der Waals surface area contributed by atoms with E-state index in [4.69, 9.17) is 11.0 Å². The quantitative estimate of drug-likeness (QED) is 0.658. The number of hydrogen-bond acceptors (Lipinski definition) is 3. The van der Waals surface area contributed by atoms with Crippen molar-refractivity contribution in [1.29, 1.82) is 5.26 Å². The van der Waals surface area contributed by atoms with Crippen LogP contribution in [0.3, 0.4) is 0 Å². The van der Waals surface area contributed by atoms with E-state index >= 15 is 0 Å². The molecule has 0 radical (unpaired) electrons. The number of hydrogen-bond donors (Lipinski definition) is 1. The second-order valence-electron chi connectivity index (χ2n) is 3.98. The third kappa shape index (κ3) is 1.50. The maximum absolute atomic E-state index is 9.08. The molecule has 0 atom stereocenters. The average Bonchev–Trinajstić information content (AvgIpc) is 2.85. The lowest BCUT2D eigenvalue weighted by Crippen LogP contribution is -1.97. The molecule has 4 nitrogen and oxygen atoms in total. The van der Waals surface area contributed by atoms with Crippen molar-refractivity contribution in [2.75, 3.05) is 5.73 Å². The van der Waals surface area contributed by atoms with E-state index in [-0.39, 0.29) is 0 Å². The topological polar surface area (TPSA) is 67.6 Å². The van der Waals surface area contributed by atoms with Crippen molar-refractivity contribution in [2.24, 2.45) is 0 Å². The van der Waals surface area contributed by atoms with E-state index in [9.17, 15) is 0 Å². The molecule has 0 unspecified atom stereocenters. The molecule has 0 aliphatic carbocycles. The first-order chi connectivity index (χ1) is 8.79. The lowest BCUT2D eigenvalue weighted by atomic mass is 10.1. The second kappa shape index (κ2) is 3.90. The molecule has 0 fully saturated rings. The summed E-state index contributed by atoms with van der Waals surface area (Å²) in [6, 6.07) is 13.3. The van der Waals surface area contributed by atoms with Gasteiger partial charge in [-0.2, -0.15) is 5.26 Å². The molecule has 1 aromatic carbocycles. The van der Waals surface area contributed by atoms with Crippen LogP contribution in [0.2, 0.25) is 0 Å². The minimum atomic E-state index is 0.597. The lowest BCUT2D eigenvalue weighted by molar-refractivity contribution is 1.06. The summed E-state index contributed by atoms with van der Waals surface area (Å²) in [5, 5.41) is 10.1. The van der Waals surface area contributed by atoms with Crippen molar-refractivity contribution in [1.82, 2.24) is 9.55 Å². The first kappa shape index (κ1) is 10.4. The predicted molar refractivity (Wildman–Crippen MR) is 70.2 cm³/mol. The third-order valence-corrected chi connectivity index (χ3v) is 2.87. The van der Waals surface area contributed by atoms with Gasteiger partial charge in [-0.25, -0.2) is 0 Å². The van der Waals surface area contributed by atoms with Gasteiger partial charge in [-0.15, -0.1) is 0 Å². The number of rotatable bonds is 1. The maximum atomic E-state index is 9.08. The molecule has 3 aromatic rings. The molecule has 0 bridgehead atoms. The summed E-state index contributed by atoms with van der Waals surface area (Å²) >= 11 is 0. The zero-order chi connectivity index (χ0) is 12.5. The van der Waals surface area contributed by atoms with Crippen molar-refractivity contribution < 1.29 is 0 Å². The van der Waals surface area contributed by atoms with E-state index in [1.54, 1.807) is 12.3 Å². The van der Waals surface area contributed by atoms with Crippen molar-refractivity contribution in [2.45, 2.75) is 0 Å². The number of nitrogens with zero attached hydrogens (tertiary/aromatic N) is 3. The molecule has 2 aromatic heterocycles. The Morgan fingerprint density at radius 2 is 2.11 bits per heavy atom. The Morgan fingerprint density at radius 3 is 2.94 bits per heavy atom. The van der Waals surface area contributed by atoms with Crippen molar-refractivity contribution in [3.8, 4) is 11.8 Å². The van der Waals surface area contributed by atoms with Gasteiger partial charge in [0.15, 0.2) is 0 Å². The zero-order valence-corrected chi connectivity index (χ0v) is 9.54. The van der Waals surface area contributed by atoms with Crippen LogP contribution in [0.4, 0.5) is 5.69 Å². The normalized spacial score (nSPS) is 10.4. The van der Waals surface area contributed by atoms with Gasteiger partial charge in [-0.3, -0.25) is 4.98 Å². The number of aromatic nitrogens is 2. The number of nitrogens with two attached hydrogens (primary N) is 1. The highest BCUT2D eigenvalue weighted by Gasteiger charge is 2.07. The number of anilines is 1. The molecule has 0 aliphatic heterocycles. The van der Waals surface area contributed by atoms with E-state index < -0.39 is 0 Å². The molecule has 4 heteroatoms. The van der Waals surface area contributed by atoms with Crippen LogP contribution in [-0.2, 0) is 0 Å². The molecule has 0 aliphatic rings. The highest BCUT2D eigenvalue weighted by molar-refractivity contribution is 5.89. The molecule has 0 saturated carbocycles. The van der Waals surface area contributed by atoms with Crippen LogP contribution in [0.15, 0.2) is 48.8 Å². The Balaban J connectivity index is 2.34. The molecular weight excluding hydrogens is 224 g/mol. The Kier molecular flexibility index (Phi) is 2.24. The molecule has 0 amide bonds. The summed E-state index contributed by atoms with van der Waals surface area (Å²) in [5.74, 6) is 0. The molecule has 18 heavy (non-hydrogen) atoms. The third-order valence-electron chi connectivity index (χ3n) is 2.87. The smallest absolute Gasteiger partial charge is 0.124 e. The Labute approximate surface area is 104 Å². The fourth-order valence-electron chi connectivity index (χ4n) is 2.04. The fraction of sp³-hybridized carbons (Fsp3) is 0. The molecule has 86 valence electrons. The molecule has 0 spiro atoms. The summed E-state index contributed by atoms with van der Waals surface area (Å²) in [6.45, 7) is 0. The van der Waals surface area contributed by atoms with Gasteiger partial charge >= 0.3 is 0 Å². The first-order valence-corrected chi connectivity index (χ1v) is 5.51. The molecule has 0 saturated heterocycles. The predicted octanol–water partition coefficient (Wildman–Crippen LogP) is 2.48. The largest absolute Gasteiger partial charge is 0.399 e. The zero-order valence-electron chi connectivity index (χ0n) is 9.54. The monoisotopic (exact) mass is 234 g/mol. The van der Waals surface area contributed by atoms with Gasteiger partial charge in [0.1, 0.15) is 11.8 Å². The van der Waals surface area contributed by atoms with Crippen LogP contribution >= 0.6 is 0 Å². The van der Waals surface area contributed by atoms with E-state index in [2.05, 4.69) is 11.1 Å². The Morgan fingerprint density at radius 1 is 1.22 bits per heavy atom. The Bertz CT molecular complexity index is 765. The van der Waals surface area contributed by atoms with Crippen LogP contribution in [0.25, 0.3) is 16.6 Å². The van der Waals surface area contributed by atoms with Gasteiger partial charge in [0.25, 0.3) is 0 Å². The SMILES string of the molecule is N#Cc1cccn1-c1ccnc2cc(N)ccc12. The van der Waals surface area contributed by atoms with Crippen LogP contribution in [0.5, 0.6) is 0 Å². The maximum Gasteiger partial charge on any atom is 0.124 e. The fourth-order valence-corrected chi connectivity index (χ4v) is 2.04. The van der Waals surface area contributed by atoms with Crippen LogP contribution in [0.1, 0.15) is 5.69 Å². The number of fused-ring (bicyclic) bond motifs is 1. The summed E-state index contributed by atoms with van der Waals surface area (Å²) in [4.78, 5) is 4.29. The van der Waals surface area contributed by atoms with E-state index in [1.165, 1.54) is 0 Å². The standard InChI is InChI=1S/C14H10N4/c15-9-11-2-1-7-18(11)14-5-6-17-13-8-10(16)3-4-12(13)14/h1-8H,16H2. The lowest BCUT2D eigenvalue weighted by Gasteiger charge is -2.08. The molecular formula is C14H10N4. The second-order valence-corrected chi connectivity index (χ2v) is 3.98. The molecule has 2 heterocycles. The van der Waals surface area contributed by atoms with Crippen molar-refractivity contribution in [3.63, 3.8) is 0 Å². The van der Waals surface area contributed by atoms with Gasteiger partial charge in [0, 0.05) is 23.5 Å².